The zero-order valence-corrected chi connectivity index (χ0v) is 13.0. The van der Waals surface area contributed by atoms with Gasteiger partial charge in [0.15, 0.2) is 0 Å². The summed E-state index contributed by atoms with van der Waals surface area (Å²) in [5.41, 5.74) is 6.33. The van der Waals surface area contributed by atoms with Crippen LogP contribution in [0.2, 0.25) is 0 Å². The van der Waals surface area contributed by atoms with Gasteiger partial charge >= 0.3 is 0 Å². The van der Waals surface area contributed by atoms with Crippen LogP contribution in [0.15, 0.2) is 22.7 Å². The van der Waals surface area contributed by atoms with Crippen molar-refractivity contribution in [2.45, 2.75) is 31.8 Å². The van der Waals surface area contributed by atoms with Gasteiger partial charge < -0.3 is 15.4 Å². The highest BCUT2D eigenvalue weighted by molar-refractivity contribution is 9.10. The number of carbonyl (C=O) groups is 1. The third kappa shape index (κ3) is 2.77. The minimum absolute atomic E-state index is 0.0314. The zero-order valence-electron chi connectivity index (χ0n) is 11.4. The molecular formula is C14H19BrN2O2. The molecule has 1 saturated heterocycles. The van der Waals surface area contributed by atoms with Crippen LogP contribution >= 0.6 is 15.9 Å². The summed E-state index contributed by atoms with van der Waals surface area (Å²) >= 11 is 3.39. The topological polar surface area (TPSA) is 55.6 Å². The zero-order chi connectivity index (χ0) is 14.2. The number of nitrogens with zero attached hydrogens (tertiary/aromatic N) is 1. The Morgan fingerprint density at radius 3 is 2.74 bits per heavy atom. The summed E-state index contributed by atoms with van der Waals surface area (Å²) in [6, 6.07) is 5.48. The van der Waals surface area contributed by atoms with Gasteiger partial charge in [0.05, 0.1) is 12.7 Å². The summed E-state index contributed by atoms with van der Waals surface area (Å²) in [6.45, 7) is 4.67. The second kappa shape index (κ2) is 5.13. The van der Waals surface area contributed by atoms with Gasteiger partial charge in [-0.2, -0.15) is 0 Å². The summed E-state index contributed by atoms with van der Waals surface area (Å²) in [5.74, 6) is 0.556. The standard InChI is InChI=1S/C14H19BrN2O2/c1-14(2)7-10(16)8-17(14)13(18)11-6-9(15)4-5-12(11)19-3/h4-6,10H,7-8,16H2,1-3H3. The fourth-order valence-corrected chi connectivity index (χ4v) is 3.01. The van der Waals surface area contributed by atoms with Gasteiger partial charge in [0.25, 0.3) is 5.91 Å². The monoisotopic (exact) mass is 326 g/mol. The number of hydrogen-bond donors (Lipinski definition) is 1. The first-order chi connectivity index (χ1) is 8.85. The number of likely N-dealkylation sites (tertiary alicyclic amines) is 1. The van der Waals surface area contributed by atoms with Crippen molar-refractivity contribution in [3.63, 3.8) is 0 Å². The number of benzene rings is 1. The molecule has 2 N–H and O–H groups in total. The Labute approximate surface area is 122 Å². The average molecular weight is 327 g/mol. The van der Waals surface area contributed by atoms with Crippen molar-refractivity contribution in [2.24, 2.45) is 5.73 Å². The van der Waals surface area contributed by atoms with Gasteiger partial charge in [-0.1, -0.05) is 15.9 Å². The smallest absolute Gasteiger partial charge is 0.258 e. The largest absolute Gasteiger partial charge is 0.496 e. The summed E-state index contributed by atoms with van der Waals surface area (Å²) in [5, 5.41) is 0. The first kappa shape index (κ1) is 14.3. The first-order valence-corrected chi connectivity index (χ1v) is 7.05. The molecule has 1 unspecified atom stereocenters. The van der Waals surface area contributed by atoms with E-state index in [4.69, 9.17) is 10.5 Å². The maximum atomic E-state index is 12.7. The lowest BCUT2D eigenvalue weighted by atomic mass is 10.00. The first-order valence-electron chi connectivity index (χ1n) is 6.26. The fraction of sp³-hybridized carbons (Fsp3) is 0.500. The number of ether oxygens (including phenoxy) is 1. The van der Waals surface area contributed by atoms with Gasteiger partial charge in [-0.15, -0.1) is 0 Å². The van der Waals surface area contributed by atoms with Crippen molar-refractivity contribution >= 4 is 21.8 Å². The molecule has 0 spiro atoms. The van der Waals surface area contributed by atoms with Crippen LogP contribution in [0, 0.1) is 0 Å². The third-order valence-corrected chi connectivity index (χ3v) is 4.04. The molecule has 0 aromatic heterocycles. The minimum Gasteiger partial charge on any atom is -0.496 e. The summed E-state index contributed by atoms with van der Waals surface area (Å²) < 4.78 is 6.14. The number of methoxy groups -OCH3 is 1. The second-order valence-electron chi connectivity index (χ2n) is 5.54. The lowest BCUT2D eigenvalue weighted by Crippen LogP contribution is -2.43. The summed E-state index contributed by atoms with van der Waals surface area (Å²) in [7, 11) is 1.57. The molecular weight excluding hydrogens is 308 g/mol. The van der Waals surface area contributed by atoms with E-state index in [1.165, 1.54) is 0 Å². The Kier molecular flexibility index (Phi) is 3.87. The molecule has 0 aliphatic carbocycles. The van der Waals surface area contributed by atoms with Crippen molar-refractivity contribution in [1.29, 1.82) is 0 Å². The van der Waals surface area contributed by atoms with E-state index in [2.05, 4.69) is 15.9 Å². The SMILES string of the molecule is COc1ccc(Br)cc1C(=O)N1CC(N)CC1(C)C. The Bertz CT molecular complexity index is 502. The molecule has 1 aromatic rings. The normalized spacial score (nSPS) is 21.5. The van der Waals surface area contributed by atoms with Crippen molar-refractivity contribution in [3.05, 3.63) is 28.2 Å². The maximum absolute atomic E-state index is 12.7. The summed E-state index contributed by atoms with van der Waals surface area (Å²) in [6.07, 6.45) is 0.815. The van der Waals surface area contributed by atoms with Crippen LogP contribution in [0.3, 0.4) is 0 Å². The number of rotatable bonds is 2. The molecule has 1 heterocycles. The van der Waals surface area contributed by atoms with Crippen molar-refractivity contribution in [2.75, 3.05) is 13.7 Å². The van der Waals surface area contributed by atoms with Crippen LogP contribution in [0.1, 0.15) is 30.6 Å². The highest BCUT2D eigenvalue weighted by Crippen LogP contribution is 2.32. The molecule has 1 amide bonds. The quantitative estimate of drug-likeness (QED) is 0.908. The van der Waals surface area contributed by atoms with Crippen LogP contribution in [-0.4, -0.2) is 36.0 Å². The molecule has 1 atom stereocenters. The van der Waals surface area contributed by atoms with Crippen molar-refractivity contribution in [3.8, 4) is 5.75 Å². The van der Waals surface area contributed by atoms with Crippen LogP contribution in [0.25, 0.3) is 0 Å². The van der Waals surface area contributed by atoms with E-state index in [0.717, 1.165) is 10.9 Å². The third-order valence-electron chi connectivity index (χ3n) is 3.55. The Hall–Kier alpha value is -1.07. The average Bonchev–Trinajstić information content (AvgIpc) is 2.61. The van der Waals surface area contributed by atoms with Crippen LogP contribution in [0.5, 0.6) is 5.75 Å². The van der Waals surface area contributed by atoms with Gasteiger partial charge in [-0.3, -0.25) is 4.79 Å². The lowest BCUT2D eigenvalue weighted by Gasteiger charge is -2.31. The summed E-state index contributed by atoms with van der Waals surface area (Å²) in [4.78, 5) is 14.5. The van der Waals surface area contributed by atoms with Gasteiger partial charge in [0.1, 0.15) is 5.75 Å². The molecule has 0 saturated carbocycles. The minimum atomic E-state index is -0.218. The van der Waals surface area contributed by atoms with E-state index in [1.807, 2.05) is 24.8 Å². The Balaban J connectivity index is 2.37. The van der Waals surface area contributed by atoms with E-state index in [0.29, 0.717) is 17.9 Å². The lowest BCUT2D eigenvalue weighted by molar-refractivity contribution is 0.0647. The van der Waals surface area contributed by atoms with E-state index in [9.17, 15) is 4.79 Å². The van der Waals surface area contributed by atoms with E-state index >= 15 is 0 Å². The highest BCUT2D eigenvalue weighted by atomic mass is 79.9. The number of halogens is 1. The van der Waals surface area contributed by atoms with Gasteiger partial charge in [0.2, 0.25) is 0 Å². The molecule has 0 bridgehead atoms. The molecule has 0 radical (unpaired) electrons. The van der Waals surface area contributed by atoms with Crippen LogP contribution < -0.4 is 10.5 Å². The number of nitrogens with two attached hydrogens (primary N) is 1. The molecule has 5 heteroatoms. The second-order valence-corrected chi connectivity index (χ2v) is 6.45. The van der Waals surface area contributed by atoms with Gasteiger partial charge in [-0.25, -0.2) is 0 Å². The van der Waals surface area contributed by atoms with Crippen molar-refractivity contribution in [1.82, 2.24) is 4.90 Å². The predicted octanol–water partition coefficient (Wildman–Crippen LogP) is 2.41. The van der Waals surface area contributed by atoms with E-state index < -0.39 is 0 Å². The predicted molar refractivity (Wildman–Crippen MR) is 78.4 cm³/mol. The van der Waals surface area contributed by atoms with Gasteiger partial charge in [-0.05, 0) is 38.5 Å². The van der Waals surface area contributed by atoms with E-state index in [-0.39, 0.29) is 17.5 Å². The van der Waals surface area contributed by atoms with E-state index in [1.54, 1.807) is 19.2 Å². The molecule has 2 rings (SSSR count). The molecule has 19 heavy (non-hydrogen) atoms. The Morgan fingerprint density at radius 2 is 2.21 bits per heavy atom. The molecule has 1 aromatic carbocycles. The maximum Gasteiger partial charge on any atom is 0.258 e. The Morgan fingerprint density at radius 1 is 1.53 bits per heavy atom. The van der Waals surface area contributed by atoms with Crippen LogP contribution in [0.4, 0.5) is 0 Å². The van der Waals surface area contributed by atoms with Gasteiger partial charge in [0, 0.05) is 22.6 Å². The molecule has 1 aliphatic heterocycles. The number of hydrogen-bond acceptors (Lipinski definition) is 3. The molecule has 104 valence electrons. The van der Waals surface area contributed by atoms with Crippen LogP contribution in [-0.2, 0) is 0 Å². The molecule has 1 aliphatic rings. The molecule has 1 fully saturated rings. The number of amides is 1. The van der Waals surface area contributed by atoms with Crippen molar-refractivity contribution < 1.29 is 9.53 Å². The highest BCUT2D eigenvalue weighted by Gasteiger charge is 2.40. The molecule has 4 nitrogen and oxygen atoms in total. The number of carbonyl (C=O) groups excluding carboxylic acids is 1. The fourth-order valence-electron chi connectivity index (χ4n) is 2.65.